The fraction of sp³-hybridized carbons (Fsp3) is 0.625. The van der Waals surface area contributed by atoms with E-state index in [1.807, 2.05) is 0 Å². The largest absolute Gasteiger partial charge is 0.370 e. The van der Waals surface area contributed by atoms with Crippen molar-refractivity contribution in [3.8, 4) is 0 Å². The molecule has 0 amide bonds. The minimum atomic E-state index is 0.722. The highest BCUT2D eigenvalue weighted by atomic mass is 15.2. The maximum atomic E-state index is 5.64. The van der Waals surface area contributed by atoms with Gasteiger partial charge in [0.05, 0.1) is 0 Å². The van der Waals surface area contributed by atoms with E-state index in [1.165, 1.54) is 23.2 Å². The molecule has 0 heterocycles. The van der Waals surface area contributed by atoms with Gasteiger partial charge in [-0.25, -0.2) is 0 Å². The normalized spacial score (nSPS) is 11.1. The Hall–Kier alpha value is -1.06. The SMILES string of the molecule is CCCN(CCN(C)C)c1ccc(CCN)c(C)c1. The topological polar surface area (TPSA) is 32.5 Å². The van der Waals surface area contributed by atoms with Crippen molar-refractivity contribution >= 4 is 5.69 Å². The van der Waals surface area contributed by atoms with E-state index >= 15 is 0 Å². The quantitative estimate of drug-likeness (QED) is 0.781. The zero-order chi connectivity index (χ0) is 14.3. The zero-order valence-electron chi connectivity index (χ0n) is 12.9. The zero-order valence-corrected chi connectivity index (χ0v) is 12.9. The highest BCUT2D eigenvalue weighted by Gasteiger charge is 2.07. The van der Waals surface area contributed by atoms with Crippen molar-refractivity contribution in [1.82, 2.24) is 4.90 Å². The summed E-state index contributed by atoms with van der Waals surface area (Å²) in [6.45, 7) is 8.42. The number of rotatable bonds is 8. The number of benzene rings is 1. The Labute approximate surface area is 118 Å². The predicted molar refractivity (Wildman–Crippen MR) is 85.0 cm³/mol. The molecule has 0 aromatic heterocycles. The van der Waals surface area contributed by atoms with Crippen molar-refractivity contribution < 1.29 is 0 Å². The Morgan fingerprint density at radius 1 is 1.11 bits per heavy atom. The van der Waals surface area contributed by atoms with E-state index in [0.717, 1.165) is 32.6 Å². The smallest absolute Gasteiger partial charge is 0.0369 e. The first kappa shape index (κ1) is 16.0. The van der Waals surface area contributed by atoms with Crippen molar-refractivity contribution in [2.24, 2.45) is 5.73 Å². The van der Waals surface area contributed by atoms with E-state index in [9.17, 15) is 0 Å². The summed E-state index contributed by atoms with van der Waals surface area (Å²) in [6.07, 6.45) is 2.15. The molecule has 1 aromatic rings. The summed E-state index contributed by atoms with van der Waals surface area (Å²) in [7, 11) is 4.25. The lowest BCUT2D eigenvalue weighted by Gasteiger charge is -2.26. The molecule has 0 saturated carbocycles. The third-order valence-electron chi connectivity index (χ3n) is 3.42. The van der Waals surface area contributed by atoms with Crippen LogP contribution in [0.3, 0.4) is 0 Å². The molecule has 0 atom stereocenters. The average Bonchev–Trinajstić information content (AvgIpc) is 2.37. The summed E-state index contributed by atoms with van der Waals surface area (Å²) < 4.78 is 0. The number of hydrogen-bond donors (Lipinski definition) is 1. The van der Waals surface area contributed by atoms with Crippen molar-refractivity contribution in [2.45, 2.75) is 26.7 Å². The van der Waals surface area contributed by atoms with Crippen LogP contribution in [0.4, 0.5) is 5.69 Å². The van der Waals surface area contributed by atoms with Gasteiger partial charge in [-0.05, 0) is 63.7 Å². The number of aryl methyl sites for hydroxylation is 1. The van der Waals surface area contributed by atoms with Gasteiger partial charge in [0, 0.05) is 25.3 Å². The van der Waals surface area contributed by atoms with Gasteiger partial charge in [-0.3, -0.25) is 0 Å². The molecule has 3 nitrogen and oxygen atoms in total. The molecule has 1 aromatic carbocycles. The molecule has 108 valence electrons. The van der Waals surface area contributed by atoms with Gasteiger partial charge in [-0.15, -0.1) is 0 Å². The van der Waals surface area contributed by atoms with Gasteiger partial charge in [0.25, 0.3) is 0 Å². The van der Waals surface area contributed by atoms with Crippen LogP contribution in [0.5, 0.6) is 0 Å². The summed E-state index contributed by atoms with van der Waals surface area (Å²) in [6, 6.07) is 6.77. The summed E-state index contributed by atoms with van der Waals surface area (Å²) in [5.41, 5.74) is 9.70. The van der Waals surface area contributed by atoms with Crippen LogP contribution in [0.2, 0.25) is 0 Å². The van der Waals surface area contributed by atoms with Crippen molar-refractivity contribution in [2.75, 3.05) is 45.2 Å². The van der Waals surface area contributed by atoms with Crippen LogP contribution in [0.1, 0.15) is 24.5 Å². The molecule has 3 heteroatoms. The molecule has 0 unspecified atom stereocenters. The Morgan fingerprint density at radius 2 is 1.84 bits per heavy atom. The molecule has 0 saturated heterocycles. The minimum absolute atomic E-state index is 0.722. The Kier molecular flexibility index (Phi) is 6.89. The molecule has 0 aliphatic carbocycles. The molecule has 0 radical (unpaired) electrons. The molecular weight excluding hydrogens is 234 g/mol. The summed E-state index contributed by atoms with van der Waals surface area (Å²) in [5, 5.41) is 0. The number of anilines is 1. The van der Waals surface area contributed by atoms with Crippen LogP contribution in [0.15, 0.2) is 18.2 Å². The van der Waals surface area contributed by atoms with Gasteiger partial charge in [-0.2, -0.15) is 0 Å². The summed E-state index contributed by atoms with van der Waals surface area (Å²) in [5.74, 6) is 0. The van der Waals surface area contributed by atoms with Gasteiger partial charge in [0.1, 0.15) is 0 Å². The van der Waals surface area contributed by atoms with E-state index in [-0.39, 0.29) is 0 Å². The Morgan fingerprint density at radius 3 is 2.37 bits per heavy atom. The van der Waals surface area contributed by atoms with E-state index in [2.05, 4.69) is 55.9 Å². The first-order valence-electron chi connectivity index (χ1n) is 7.27. The van der Waals surface area contributed by atoms with Crippen LogP contribution in [-0.4, -0.2) is 45.2 Å². The highest BCUT2D eigenvalue weighted by molar-refractivity contribution is 5.51. The molecule has 0 aliphatic heterocycles. The number of nitrogens with two attached hydrogens (primary N) is 1. The maximum absolute atomic E-state index is 5.64. The Balaban J connectivity index is 2.80. The number of hydrogen-bond acceptors (Lipinski definition) is 3. The van der Waals surface area contributed by atoms with Gasteiger partial charge in [-0.1, -0.05) is 13.0 Å². The molecular formula is C16H29N3. The van der Waals surface area contributed by atoms with E-state index in [1.54, 1.807) is 0 Å². The second-order valence-corrected chi connectivity index (χ2v) is 5.44. The highest BCUT2D eigenvalue weighted by Crippen LogP contribution is 2.19. The third kappa shape index (κ3) is 5.21. The van der Waals surface area contributed by atoms with Crippen molar-refractivity contribution in [3.05, 3.63) is 29.3 Å². The van der Waals surface area contributed by atoms with E-state index in [4.69, 9.17) is 5.73 Å². The van der Waals surface area contributed by atoms with Crippen molar-refractivity contribution in [1.29, 1.82) is 0 Å². The van der Waals surface area contributed by atoms with Gasteiger partial charge < -0.3 is 15.5 Å². The molecule has 19 heavy (non-hydrogen) atoms. The number of likely N-dealkylation sites (N-methyl/N-ethyl adjacent to an activating group) is 1. The van der Waals surface area contributed by atoms with Crippen LogP contribution in [0, 0.1) is 6.92 Å². The van der Waals surface area contributed by atoms with Crippen molar-refractivity contribution in [3.63, 3.8) is 0 Å². The van der Waals surface area contributed by atoms with Crippen LogP contribution in [-0.2, 0) is 6.42 Å². The molecule has 0 spiro atoms. The lowest BCUT2D eigenvalue weighted by atomic mass is 10.0. The Bertz CT molecular complexity index is 374. The second kappa shape index (κ2) is 8.18. The average molecular weight is 263 g/mol. The lowest BCUT2D eigenvalue weighted by Crippen LogP contribution is -2.32. The third-order valence-corrected chi connectivity index (χ3v) is 3.42. The lowest BCUT2D eigenvalue weighted by molar-refractivity contribution is 0.413. The van der Waals surface area contributed by atoms with E-state index < -0.39 is 0 Å². The van der Waals surface area contributed by atoms with Crippen LogP contribution in [0.25, 0.3) is 0 Å². The van der Waals surface area contributed by atoms with Gasteiger partial charge in [0.2, 0.25) is 0 Å². The second-order valence-electron chi connectivity index (χ2n) is 5.44. The molecule has 0 fully saturated rings. The maximum Gasteiger partial charge on any atom is 0.0369 e. The molecule has 0 bridgehead atoms. The van der Waals surface area contributed by atoms with Crippen LogP contribution >= 0.6 is 0 Å². The summed E-state index contributed by atoms with van der Waals surface area (Å²) >= 11 is 0. The molecule has 2 N–H and O–H groups in total. The predicted octanol–water partition coefficient (Wildman–Crippen LogP) is 2.27. The first-order valence-corrected chi connectivity index (χ1v) is 7.27. The summed E-state index contributed by atoms with van der Waals surface area (Å²) in [4.78, 5) is 4.71. The number of nitrogens with zero attached hydrogens (tertiary/aromatic N) is 2. The standard InChI is InChI=1S/C16H29N3/c1-5-10-19(12-11-18(3)4)16-7-6-15(8-9-17)14(2)13-16/h6-7,13H,5,8-12,17H2,1-4H3. The van der Waals surface area contributed by atoms with Crippen LogP contribution < -0.4 is 10.6 Å². The van der Waals surface area contributed by atoms with Gasteiger partial charge >= 0.3 is 0 Å². The molecule has 1 rings (SSSR count). The first-order chi connectivity index (χ1) is 9.08. The fourth-order valence-corrected chi connectivity index (χ4v) is 2.27. The van der Waals surface area contributed by atoms with E-state index in [0.29, 0.717) is 0 Å². The molecule has 0 aliphatic rings. The van der Waals surface area contributed by atoms with Gasteiger partial charge in [0.15, 0.2) is 0 Å². The minimum Gasteiger partial charge on any atom is -0.370 e. The fourth-order valence-electron chi connectivity index (χ4n) is 2.27. The monoisotopic (exact) mass is 263 g/mol.